The van der Waals surface area contributed by atoms with Crippen molar-refractivity contribution >= 4 is 23.7 Å². The molecule has 5 heterocycles. The zero-order valence-corrected chi connectivity index (χ0v) is 23.4. The number of benzene rings is 1. The van der Waals surface area contributed by atoms with Crippen molar-refractivity contribution in [3.8, 4) is 11.6 Å². The highest BCUT2D eigenvalue weighted by Crippen LogP contribution is 2.46. The molecule has 1 spiro atoms. The fourth-order valence-electron chi connectivity index (χ4n) is 6.70. The van der Waals surface area contributed by atoms with Crippen LogP contribution in [-0.2, 0) is 5.41 Å². The molecule has 3 saturated heterocycles. The average Bonchev–Trinajstić information content (AvgIpc) is 3.40. The van der Waals surface area contributed by atoms with Gasteiger partial charge in [-0.2, -0.15) is 5.06 Å². The lowest BCUT2D eigenvalue weighted by atomic mass is 9.79. The SMILES string of the molecule is C[C@@H]1[C@@H](NC(=O)c2cccc3c2OCCC3(C)C)CN2C(=N)NC(CNC(=O)c3ccc(O)nn3)C3NC(=N)N(O)C312. The first-order valence-corrected chi connectivity index (χ1v) is 13.8. The number of amides is 2. The predicted molar refractivity (Wildman–Crippen MR) is 148 cm³/mol. The monoisotopic (exact) mass is 578 g/mol. The van der Waals surface area contributed by atoms with Crippen LogP contribution in [0.25, 0.3) is 0 Å². The van der Waals surface area contributed by atoms with Gasteiger partial charge in [0.2, 0.25) is 11.8 Å². The van der Waals surface area contributed by atoms with Crippen LogP contribution < -0.4 is 26.0 Å². The van der Waals surface area contributed by atoms with Crippen LogP contribution in [0.4, 0.5) is 0 Å². The van der Waals surface area contributed by atoms with E-state index in [-0.39, 0.29) is 47.9 Å². The van der Waals surface area contributed by atoms with Gasteiger partial charge in [0.15, 0.2) is 17.3 Å². The van der Waals surface area contributed by atoms with E-state index in [1.54, 1.807) is 11.0 Å². The normalized spacial score (nSPS) is 29.0. The number of para-hydroxylation sites is 1. The molecule has 15 nitrogen and oxygen atoms in total. The summed E-state index contributed by atoms with van der Waals surface area (Å²) in [5.74, 6) is -1.34. The molecule has 3 unspecified atom stereocenters. The molecule has 2 amide bonds. The lowest BCUT2D eigenvalue weighted by Gasteiger charge is -2.51. The second-order valence-corrected chi connectivity index (χ2v) is 11.8. The zero-order valence-electron chi connectivity index (χ0n) is 23.4. The van der Waals surface area contributed by atoms with Gasteiger partial charge >= 0.3 is 0 Å². The number of aromatic hydroxyl groups is 1. The van der Waals surface area contributed by atoms with Crippen molar-refractivity contribution < 1.29 is 24.6 Å². The third-order valence-corrected chi connectivity index (χ3v) is 9.03. The molecule has 0 aliphatic carbocycles. The Kier molecular flexibility index (Phi) is 6.36. The molecule has 3 fully saturated rings. The van der Waals surface area contributed by atoms with Gasteiger partial charge < -0.3 is 36.0 Å². The third-order valence-electron chi connectivity index (χ3n) is 9.03. The molecule has 0 saturated carbocycles. The number of carbonyl (C=O) groups excluding carboxylic acids is 2. The van der Waals surface area contributed by atoms with Gasteiger partial charge in [-0.25, -0.2) is 0 Å². The topological polar surface area (TPSA) is 212 Å². The van der Waals surface area contributed by atoms with Crippen LogP contribution in [0.1, 0.15) is 53.6 Å². The van der Waals surface area contributed by atoms with Crippen LogP contribution in [-0.4, -0.2) is 97.7 Å². The number of hydrogen-bond donors (Lipinski definition) is 8. The number of hydrogen-bond acceptors (Lipinski definition) is 9. The maximum Gasteiger partial charge on any atom is 0.271 e. The van der Waals surface area contributed by atoms with Crippen molar-refractivity contribution in [1.29, 1.82) is 10.8 Å². The van der Waals surface area contributed by atoms with Crippen LogP contribution >= 0.6 is 0 Å². The molecule has 4 aliphatic heterocycles. The Morgan fingerprint density at radius 3 is 2.67 bits per heavy atom. The lowest BCUT2D eigenvalue weighted by Crippen LogP contribution is -2.76. The quantitative estimate of drug-likeness (QED) is 0.235. The Morgan fingerprint density at radius 2 is 1.93 bits per heavy atom. The fourth-order valence-corrected chi connectivity index (χ4v) is 6.70. The molecule has 1 aromatic carbocycles. The van der Waals surface area contributed by atoms with Gasteiger partial charge in [0.05, 0.1) is 30.3 Å². The van der Waals surface area contributed by atoms with Crippen LogP contribution in [0.3, 0.4) is 0 Å². The third kappa shape index (κ3) is 4.06. The largest absolute Gasteiger partial charge is 0.492 e. The summed E-state index contributed by atoms with van der Waals surface area (Å²) in [4.78, 5) is 28.0. The minimum Gasteiger partial charge on any atom is -0.492 e. The zero-order chi connectivity index (χ0) is 30.0. The molecule has 4 aliphatic rings. The summed E-state index contributed by atoms with van der Waals surface area (Å²) in [5.41, 5.74) is -0.0279. The number of fused-ring (bicyclic) bond motifs is 1. The number of ether oxygens (including phenoxy) is 1. The molecule has 0 radical (unpaired) electrons. The highest BCUT2D eigenvalue weighted by Gasteiger charge is 2.69. The summed E-state index contributed by atoms with van der Waals surface area (Å²) in [7, 11) is 0. The standard InChI is InChI=1S/C27H34N10O5/c1-13-18(31-22(39)14-5-4-6-15-20(14)42-10-9-26(15,2)3)12-36-24(28)32-17(21-27(13,36)37(41)25(29)33-21)11-30-23(40)16-7-8-19(38)35-34-16/h4-8,13,17-18,21,41H,9-12H2,1-3H3,(H2,28,32)(H2,29,33)(H,30,40)(H,31,39)(H,35,38)/t13-,17?,18+,21?,27?/m1/s1. The Morgan fingerprint density at radius 1 is 1.14 bits per heavy atom. The summed E-state index contributed by atoms with van der Waals surface area (Å²) in [6, 6.07) is 6.37. The molecule has 15 heteroatoms. The van der Waals surface area contributed by atoms with E-state index in [0.29, 0.717) is 17.9 Å². The van der Waals surface area contributed by atoms with Gasteiger partial charge in [-0.1, -0.05) is 32.9 Å². The summed E-state index contributed by atoms with van der Waals surface area (Å²) in [5, 5.41) is 57.7. The van der Waals surface area contributed by atoms with Crippen molar-refractivity contribution in [3.05, 3.63) is 47.2 Å². The van der Waals surface area contributed by atoms with Gasteiger partial charge in [-0.3, -0.25) is 25.6 Å². The maximum absolute atomic E-state index is 13.7. The number of nitrogens with one attached hydrogen (secondary N) is 6. The number of nitrogens with zero attached hydrogens (tertiary/aromatic N) is 4. The molecular formula is C27H34N10O5. The van der Waals surface area contributed by atoms with Gasteiger partial charge in [-0.05, 0) is 24.0 Å². The number of carbonyl (C=O) groups is 2. The summed E-state index contributed by atoms with van der Waals surface area (Å²) in [6.07, 6.45) is 0.841. The lowest BCUT2D eigenvalue weighted by molar-refractivity contribution is -0.166. The second-order valence-electron chi connectivity index (χ2n) is 11.8. The van der Waals surface area contributed by atoms with Crippen LogP contribution in [0.15, 0.2) is 30.3 Å². The van der Waals surface area contributed by atoms with Crippen molar-refractivity contribution in [3.63, 3.8) is 0 Å². The molecule has 6 rings (SSSR count). The van der Waals surface area contributed by atoms with Crippen molar-refractivity contribution in [2.24, 2.45) is 5.92 Å². The Balaban J connectivity index is 1.24. The summed E-state index contributed by atoms with van der Waals surface area (Å²) in [6.45, 7) is 6.84. The van der Waals surface area contributed by atoms with E-state index in [4.69, 9.17) is 15.6 Å². The average molecular weight is 579 g/mol. The molecule has 0 bridgehead atoms. The van der Waals surface area contributed by atoms with E-state index in [1.807, 2.05) is 19.1 Å². The number of rotatable bonds is 5. The Labute approximate surface area is 241 Å². The molecule has 222 valence electrons. The van der Waals surface area contributed by atoms with E-state index in [2.05, 4.69) is 45.3 Å². The van der Waals surface area contributed by atoms with Gasteiger partial charge in [0.1, 0.15) is 5.75 Å². The Bertz CT molecular complexity index is 1470. The minimum atomic E-state index is -1.29. The fraction of sp³-hybridized carbons (Fsp3) is 0.481. The summed E-state index contributed by atoms with van der Waals surface area (Å²) >= 11 is 0. The molecule has 8 N–H and O–H groups in total. The maximum atomic E-state index is 13.7. The minimum absolute atomic E-state index is 0.00147. The molecular weight excluding hydrogens is 544 g/mol. The van der Waals surface area contributed by atoms with Crippen LogP contribution in [0.2, 0.25) is 0 Å². The van der Waals surface area contributed by atoms with Crippen molar-refractivity contribution in [2.45, 2.75) is 56.4 Å². The molecule has 1 aromatic heterocycles. The molecule has 42 heavy (non-hydrogen) atoms. The smallest absolute Gasteiger partial charge is 0.271 e. The number of guanidine groups is 2. The summed E-state index contributed by atoms with van der Waals surface area (Å²) < 4.78 is 5.95. The first kappa shape index (κ1) is 27.5. The van der Waals surface area contributed by atoms with Crippen molar-refractivity contribution in [1.82, 2.24) is 41.4 Å². The van der Waals surface area contributed by atoms with Crippen LogP contribution in [0, 0.1) is 16.7 Å². The molecule has 2 aromatic rings. The van der Waals surface area contributed by atoms with Gasteiger partial charge in [0, 0.05) is 30.6 Å². The van der Waals surface area contributed by atoms with Gasteiger partial charge in [0.25, 0.3) is 11.8 Å². The Hall–Kier alpha value is -4.66. The van der Waals surface area contributed by atoms with E-state index in [1.165, 1.54) is 12.1 Å². The van der Waals surface area contributed by atoms with E-state index >= 15 is 0 Å². The van der Waals surface area contributed by atoms with Crippen molar-refractivity contribution in [2.75, 3.05) is 19.7 Å². The number of aromatic nitrogens is 2. The highest BCUT2D eigenvalue weighted by atomic mass is 16.5. The second kappa shape index (κ2) is 9.72. The van der Waals surface area contributed by atoms with E-state index in [0.717, 1.165) is 17.0 Å². The van der Waals surface area contributed by atoms with E-state index in [9.17, 15) is 19.9 Å². The van der Waals surface area contributed by atoms with E-state index < -0.39 is 35.6 Å². The molecule has 5 atom stereocenters. The van der Waals surface area contributed by atoms with Gasteiger partial charge in [-0.15, -0.1) is 10.2 Å². The first-order valence-electron chi connectivity index (χ1n) is 13.8. The van der Waals surface area contributed by atoms with Crippen LogP contribution in [0.5, 0.6) is 11.6 Å². The first-order chi connectivity index (χ1) is 19.9. The number of hydroxylamine groups is 2. The highest BCUT2D eigenvalue weighted by molar-refractivity contribution is 5.98. The predicted octanol–water partition coefficient (Wildman–Crippen LogP) is -0.0770.